The van der Waals surface area contributed by atoms with Gasteiger partial charge in [0.2, 0.25) is 5.91 Å². The fourth-order valence-corrected chi connectivity index (χ4v) is 2.03. The number of carbonyl (C=O) groups is 1. The minimum atomic E-state index is -0.452. The fraction of sp³-hybridized carbons (Fsp3) is 0.294. The molecular weight excluding hydrogens is 284 g/mol. The molecule has 1 amide bonds. The van der Waals surface area contributed by atoms with Crippen LogP contribution in [-0.4, -0.2) is 10.9 Å². The Labute approximate surface area is 130 Å². The Hall–Kier alpha value is -1.87. The molecule has 2 rings (SSSR count). The van der Waals surface area contributed by atoms with Crippen molar-refractivity contribution in [1.29, 1.82) is 0 Å². The number of amides is 1. The van der Waals surface area contributed by atoms with Crippen LogP contribution in [0.2, 0.25) is 5.02 Å². The first-order valence-electron chi connectivity index (χ1n) is 6.84. The molecule has 0 aliphatic heterocycles. The fourth-order valence-electron chi connectivity index (χ4n) is 1.91. The Morgan fingerprint density at radius 3 is 2.33 bits per heavy atom. The van der Waals surface area contributed by atoms with E-state index in [4.69, 9.17) is 11.6 Å². The summed E-state index contributed by atoms with van der Waals surface area (Å²) in [7, 11) is 0. The average Bonchev–Trinajstić information content (AvgIpc) is 2.45. The third-order valence-corrected chi connectivity index (χ3v) is 3.43. The van der Waals surface area contributed by atoms with E-state index in [1.165, 1.54) is 0 Å². The Morgan fingerprint density at radius 2 is 1.81 bits per heavy atom. The number of benzene rings is 1. The lowest BCUT2D eigenvalue weighted by Gasteiger charge is -2.25. The van der Waals surface area contributed by atoms with Crippen molar-refractivity contribution in [3.8, 4) is 0 Å². The lowest BCUT2D eigenvalue weighted by molar-refractivity contribution is -0.129. The van der Waals surface area contributed by atoms with E-state index < -0.39 is 5.41 Å². The van der Waals surface area contributed by atoms with Crippen LogP contribution in [-0.2, 0) is 4.79 Å². The van der Waals surface area contributed by atoms with Crippen molar-refractivity contribution < 1.29 is 4.79 Å². The summed E-state index contributed by atoms with van der Waals surface area (Å²) in [5.74, 6) is -0.00805. The summed E-state index contributed by atoms with van der Waals surface area (Å²) >= 11 is 5.94. The maximum atomic E-state index is 12.3. The van der Waals surface area contributed by atoms with Gasteiger partial charge in [0.1, 0.15) is 0 Å². The first kappa shape index (κ1) is 15.5. The molecule has 3 nitrogen and oxygen atoms in total. The standard InChI is InChI=1S/C17H19ClN2O/c1-17(2,3)16(21)20-15(13-5-4-10-19-11-13)12-6-8-14(18)9-7-12/h4-11,15H,1-3H3,(H,20,21)/t15-/m0/s1. The van der Waals surface area contributed by atoms with Crippen LogP contribution in [0.1, 0.15) is 37.9 Å². The van der Waals surface area contributed by atoms with E-state index in [0.29, 0.717) is 5.02 Å². The van der Waals surface area contributed by atoms with Gasteiger partial charge in [-0.1, -0.05) is 50.6 Å². The third-order valence-electron chi connectivity index (χ3n) is 3.18. The Kier molecular flexibility index (Phi) is 4.63. The van der Waals surface area contributed by atoms with Crippen LogP contribution in [0, 0.1) is 5.41 Å². The second kappa shape index (κ2) is 6.27. The second-order valence-electron chi connectivity index (χ2n) is 5.99. The van der Waals surface area contributed by atoms with E-state index >= 15 is 0 Å². The van der Waals surface area contributed by atoms with E-state index in [2.05, 4.69) is 10.3 Å². The highest BCUT2D eigenvalue weighted by atomic mass is 35.5. The maximum Gasteiger partial charge on any atom is 0.226 e. The molecule has 1 aromatic heterocycles. The zero-order valence-electron chi connectivity index (χ0n) is 12.4. The number of nitrogens with zero attached hydrogens (tertiary/aromatic N) is 1. The number of hydrogen-bond donors (Lipinski definition) is 1. The van der Waals surface area contributed by atoms with Gasteiger partial charge in [0.05, 0.1) is 6.04 Å². The van der Waals surface area contributed by atoms with Crippen molar-refractivity contribution in [2.24, 2.45) is 5.41 Å². The van der Waals surface area contributed by atoms with E-state index in [1.54, 1.807) is 12.4 Å². The van der Waals surface area contributed by atoms with E-state index in [9.17, 15) is 4.79 Å². The molecule has 1 atom stereocenters. The van der Waals surface area contributed by atoms with Gasteiger partial charge >= 0.3 is 0 Å². The lowest BCUT2D eigenvalue weighted by atomic mass is 9.93. The van der Waals surface area contributed by atoms with Gasteiger partial charge in [0.25, 0.3) is 0 Å². The molecule has 0 aliphatic rings. The molecule has 2 aromatic rings. The van der Waals surface area contributed by atoms with Crippen molar-refractivity contribution >= 4 is 17.5 Å². The quantitative estimate of drug-likeness (QED) is 0.931. The highest BCUT2D eigenvalue weighted by Crippen LogP contribution is 2.25. The first-order valence-corrected chi connectivity index (χ1v) is 7.22. The van der Waals surface area contributed by atoms with Crippen molar-refractivity contribution in [3.05, 3.63) is 64.9 Å². The summed E-state index contributed by atoms with van der Waals surface area (Å²) in [5.41, 5.74) is 1.47. The minimum absolute atomic E-state index is 0.00805. The molecule has 0 saturated carbocycles. The highest BCUT2D eigenvalue weighted by molar-refractivity contribution is 6.30. The Morgan fingerprint density at radius 1 is 1.14 bits per heavy atom. The number of nitrogens with one attached hydrogen (secondary N) is 1. The molecule has 0 radical (unpaired) electrons. The van der Waals surface area contributed by atoms with Crippen LogP contribution in [0.3, 0.4) is 0 Å². The predicted octanol–water partition coefficient (Wildman–Crippen LogP) is 3.99. The van der Waals surface area contributed by atoms with E-state index in [0.717, 1.165) is 11.1 Å². The summed E-state index contributed by atoms with van der Waals surface area (Å²) in [6.45, 7) is 5.68. The molecule has 0 aliphatic carbocycles. The predicted molar refractivity (Wildman–Crippen MR) is 85.1 cm³/mol. The Bertz CT molecular complexity index is 603. The monoisotopic (exact) mass is 302 g/mol. The third kappa shape index (κ3) is 4.05. The summed E-state index contributed by atoms with van der Waals surface area (Å²) in [6, 6.07) is 11.1. The number of halogens is 1. The summed E-state index contributed by atoms with van der Waals surface area (Å²) in [5, 5.41) is 3.76. The molecule has 0 fully saturated rings. The average molecular weight is 303 g/mol. The van der Waals surface area contributed by atoms with Gasteiger partial charge in [-0.05, 0) is 29.3 Å². The van der Waals surface area contributed by atoms with Gasteiger partial charge in [-0.25, -0.2) is 0 Å². The van der Waals surface area contributed by atoms with E-state index in [1.807, 2.05) is 57.2 Å². The van der Waals surface area contributed by atoms with Crippen LogP contribution in [0.5, 0.6) is 0 Å². The molecule has 1 N–H and O–H groups in total. The van der Waals surface area contributed by atoms with Gasteiger partial charge in [0, 0.05) is 22.8 Å². The smallest absolute Gasteiger partial charge is 0.226 e. The van der Waals surface area contributed by atoms with Crippen LogP contribution in [0.15, 0.2) is 48.8 Å². The van der Waals surface area contributed by atoms with Gasteiger partial charge in [-0.15, -0.1) is 0 Å². The topological polar surface area (TPSA) is 42.0 Å². The van der Waals surface area contributed by atoms with Crippen molar-refractivity contribution in [2.75, 3.05) is 0 Å². The van der Waals surface area contributed by atoms with Crippen molar-refractivity contribution in [2.45, 2.75) is 26.8 Å². The van der Waals surface area contributed by atoms with Crippen LogP contribution in [0.4, 0.5) is 0 Å². The highest BCUT2D eigenvalue weighted by Gasteiger charge is 2.25. The molecule has 110 valence electrons. The second-order valence-corrected chi connectivity index (χ2v) is 6.43. The number of aromatic nitrogens is 1. The van der Waals surface area contributed by atoms with Crippen molar-refractivity contribution in [3.63, 3.8) is 0 Å². The Balaban J connectivity index is 2.36. The van der Waals surface area contributed by atoms with Crippen LogP contribution in [0.25, 0.3) is 0 Å². The lowest BCUT2D eigenvalue weighted by Crippen LogP contribution is -2.37. The maximum absolute atomic E-state index is 12.3. The summed E-state index contributed by atoms with van der Waals surface area (Å²) < 4.78 is 0. The van der Waals surface area contributed by atoms with Crippen molar-refractivity contribution in [1.82, 2.24) is 10.3 Å². The zero-order valence-corrected chi connectivity index (χ0v) is 13.2. The van der Waals surface area contributed by atoms with Crippen LogP contribution < -0.4 is 5.32 Å². The van der Waals surface area contributed by atoms with Crippen LogP contribution >= 0.6 is 11.6 Å². The molecule has 0 spiro atoms. The first-order chi connectivity index (χ1) is 9.88. The van der Waals surface area contributed by atoms with Gasteiger partial charge in [-0.2, -0.15) is 0 Å². The van der Waals surface area contributed by atoms with Gasteiger partial charge in [-0.3, -0.25) is 9.78 Å². The SMILES string of the molecule is CC(C)(C)C(=O)N[C@@H](c1ccc(Cl)cc1)c1cccnc1. The minimum Gasteiger partial charge on any atom is -0.345 e. The van der Waals surface area contributed by atoms with Gasteiger partial charge < -0.3 is 5.32 Å². The molecule has 0 bridgehead atoms. The summed E-state index contributed by atoms with van der Waals surface area (Å²) in [6.07, 6.45) is 3.48. The molecule has 4 heteroatoms. The number of hydrogen-bond acceptors (Lipinski definition) is 2. The number of carbonyl (C=O) groups excluding carboxylic acids is 1. The normalized spacial score (nSPS) is 12.8. The molecule has 0 saturated heterocycles. The summed E-state index contributed by atoms with van der Waals surface area (Å²) in [4.78, 5) is 16.5. The number of pyridine rings is 1. The zero-order chi connectivity index (χ0) is 15.5. The van der Waals surface area contributed by atoms with E-state index in [-0.39, 0.29) is 11.9 Å². The molecule has 21 heavy (non-hydrogen) atoms. The molecule has 1 heterocycles. The van der Waals surface area contributed by atoms with Gasteiger partial charge in [0.15, 0.2) is 0 Å². The molecule has 1 aromatic carbocycles. The molecule has 0 unspecified atom stereocenters. The number of rotatable bonds is 3. The molecular formula is C17H19ClN2O. The largest absolute Gasteiger partial charge is 0.345 e.